The minimum absolute atomic E-state index is 0.0138. The third-order valence-electron chi connectivity index (χ3n) is 5.93. The average molecular weight is 510 g/mol. The maximum Gasteiger partial charge on any atom is 0.273 e. The van der Waals surface area contributed by atoms with Gasteiger partial charge < -0.3 is 26.6 Å². The van der Waals surface area contributed by atoms with Crippen LogP contribution in [0.25, 0.3) is 0 Å². The lowest BCUT2D eigenvalue weighted by atomic mass is 10.0. The van der Waals surface area contributed by atoms with Crippen molar-refractivity contribution in [3.63, 3.8) is 0 Å². The van der Waals surface area contributed by atoms with Crippen LogP contribution in [0.5, 0.6) is 5.75 Å². The molecular formula is C25H27N5O5S. The fourth-order valence-corrected chi connectivity index (χ4v) is 4.76. The largest absolute Gasteiger partial charge is 0.508 e. The Hall–Kier alpha value is -3.96. The molecule has 0 spiro atoms. The van der Waals surface area contributed by atoms with Crippen molar-refractivity contribution in [1.82, 2.24) is 9.69 Å². The molecule has 2 aromatic carbocycles. The number of anilines is 2. The molecule has 3 aromatic rings. The van der Waals surface area contributed by atoms with Crippen LogP contribution in [0.15, 0.2) is 48.5 Å². The number of hydrogen-bond acceptors (Lipinski definition) is 8. The number of aryl methyl sites for hydroxylation is 1. The number of nitrogens with zero attached hydrogens (tertiary/aromatic N) is 2. The Morgan fingerprint density at radius 2 is 1.89 bits per heavy atom. The van der Waals surface area contributed by atoms with E-state index >= 15 is 0 Å². The highest BCUT2D eigenvalue weighted by atomic mass is 32.1. The number of carbonyl (C=O) groups excluding carboxylic acids is 3. The molecule has 1 aliphatic heterocycles. The predicted molar refractivity (Wildman–Crippen MR) is 136 cm³/mol. The molecule has 1 aliphatic rings. The van der Waals surface area contributed by atoms with E-state index in [-0.39, 0.29) is 34.7 Å². The van der Waals surface area contributed by atoms with E-state index in [0.29, 0.717) is 17.9 Å². The number of aromatic hydroxyl groups is 1. The Bertz CT molecular complexity index is 1250. The average Bonchev–Trinajstić information content (AvgIpc) is 3.52. The molecule has 11 heteroatoms. The topological polar surface area (TPSA) is 161 Å². The number of phenolic OH excluding ortho intramolecular Hbond substituents is 1. The molecule has 1 fully saturated rings. The van der Waals surface area contributed by atoms with Crippen LogP contribution in [0.2, 0.25) is 0 Å². The van der Waals surface area contributed by atoms with E-state index in [1.165, 1.54) is 17.0 Å². The fourth-order valence-electron chi connectivity index (χ4n) is 4.02. The first-order chi connectivity index (χ1) is 17.3. The van der Waals surface area contributed by atoms with Crippen LogP contribution in [0, 0.1) is 6.92 Å². The molecule has 3 amide bonds. The normalized spacial score (nSPS) is 15.9. The molecule has 4 rings (SSSR count). The second-order valence-corrected chi connectivity index (χ2v) is 9.30. The van der Waals surface area contributed by atoms with Gasteiger partial charge in [-0.05, 0) is 61.1 Å². The van der Waals surface area contributed by atoms with E-state index in [4.69, 9.17) is 16.2 Å². The zero-order valence-corrected chi connectivity index (χ0v) is 20.5. The summed E-state index contributed by atoms with van der Waals surface area (Å²) in [4.78, 5) is 40.6. The molecule has 1 aromatic heterocycles. The van der Waals surface area contributed by atoms with Gasteiger partial charge in [0, 0.05) is 18.8 Å². The number of nitrogen functional groups attached to an aromatic ring is 1. The lowest BCUT2D eigenvalue weighted by Gasteiger charge is -2.31. The second-order valence-electron chi connectivity index (χ2n) is 8.52. The molecule has 0 radical (unpaired) electrons. The molecule has 6 N–H and O–H groups in total. The van der Waals surface area contributed by atoms with Crippen LogP contribution in [-0.4, -0.2) is 46.5 Å². The molecule has 2 atom stereocenters. The number of benzene rings is 2. The number of nitrogens with one attached hydrogen (secondary N) is 1. The third kappa shape index (κ3) is 5.31. The summed E-state index contributed by atoms with van der Waals surface area (Å²) in [7, 11) is 0. The van der Waals surface area contributed by atoms with Crippen LogP contribution < -0.4 is 21.7 Å². The smallest absolute Gasteiger partial charge is 0.273 e. The summed E-state index contributed by atoms with van der Waals surface area (Å²) < 4.78 is 9.57. The summed E-state index contributed by atoms with van der Waals surface area (Å²) in [5, 5.41) is 12.7. The molecule has 0 saturated carbocycles. The Kier molecular flexibility index (Phi) is 7.51. The summed E-state index contributed by atoms with van der Waals surface area (Å²) in [5.41, 5.74) is 12.9. The molecule has 0 aliphatic carbocycles. The lowest BCUT2D eigenvalue weighted by molar-refractivity contribution is -0.123. The third-order valence-corrected chi connectivity index (χ3v) is 6.78. The predicted octanol–water partition coefficient (Wildman–Crippen LogP) is 2.52. The van der Waals surface area contributed by atoms with Crippen LogP contribution >= 0.6 is 11.5 Å². The Balaban J connectivity index is 1.79. The van der Waals surface area contributed by atoms with E-state index in [2.05, 4.69) is 9.69 Å². The first-order valence-corrected chi connectivity index (χ1v) is 12.2. The van der Waals surface area contributed by atoms with Gasteiger partial charge in [0.25, 0.3) is 11.8 Å². The van der Waals surface area contributed by atoms with Crippen LogP contribution in [0.3, 0.4) is 0 Å². The lowest BCUT2D eigenvalue weighted by Crippen LogP contribution is -2.45. The van der Waals surface area contributed by atoms with Crippen LogP contribution in [0.4, 0.5) is 11.4 Å². The van der Waals surface area contributed by atoms with E-state index in [1.54, 1.807) is 24.3 Å². The minimum atomic E-state index is -1.12. The summed E-state index contributed by atoms with van der Waals surface area (Å²) in [6.45, 7) is 2.84. The highest BCUT2D eigenvalue weighted by molar-refractivity contribution is 7.09. The molecule has 36 heavy (non-hydrogen) atoms. The van der Waals surface area contributed by atoms with Crippen molar-refractivity contribution in [2.75, 3.05) is 23.8 Å². The van der Waals surface area contributed by atoms with Crippen molar-refractivity contribution in [1.29, 1.82) is 0 Å². The number of nitrogens with two attached hydrogens (primary N) is 2. The monoisotopic (exact) mass is 509 g/mol. The Morgan fingerprint density at radius 3 is 2.47 bits per heavy atom. The number of rotatable bonds is 8. The van der Waals surface area contributed by atoms with E-state index in [1.807, 2.05) is 19.1 Å². The first-order valence-electron chi connectivity index (χ1n) is 11.4. The van der Waals surface area contributed by atoms with E-state index < -0.39 is 23.8 Å². The van der Waals surface area contributed by atoms with E-state index in [0.717, 1.165) is 29.9 Å². The minimum Gasteiger partial charge on any atom is -0.508 e. The molecule has 0 unspecified atom stereocenters. The van der Waals surface area contributed by atoms with Gasteiger partial charge >= 0.3 is 0 Å². The number of primary amides is 1. The summed E-state index contributed by atoms with van der Waals surface area (Å²) >= 11 is 0.741. The molecule has 2 heterocycles. The maximum absolute atomic E-state index is 13.9. The van der Waals surface area contributed by atoms with Crippen molar-refractivity contribution in [3.05, 3.63) is 70.2 Å². The molecule has 1 saturated heterocycles. The highest BCUT2D eigenvalue weighted by Gasteiger charge is 2.36. The van der Waals surface area contributed by atoms with Crippen molar-refractivity contribution in [2.24, 2.45) is 5.73 Å². The van der Waals surface area contributed by atoms with Gasteiger partial charge in [-0.15, -0.1) is 0 Å². The van der Waals surface area contributed by atoms with Crippen molar-refractivity contribution in [3.8, 4) is 5.75 Å². The van der Waals surface area contributed by atoms with Gasteiger partial charge in [0.2, 0.25) is 5.91 Å². The number of carbonyl (C=O) groups is 3. The van der Waals surface area contributed by atoms with Gasteiger partial charge in [-0.3, -0.25) is 19.3 Å². The Morgan fingerprint density at radius 1 is 1.19 bits per heavy atom. The number of hydrogen-bond donors (Lipinski definition) is 4. The SMILES string of the molecule is Cc1ccc(N(C(=O)c2snc(C(N)=O)c2N)[C@H](C(=O)NC[C@@H]2CCCO2)c2ccc(O)cc2)cc1. The standard InChI is InChI=1S/C25H27N5O5S/c1-14-4-8-16(9-5-14)30(25(34)22-19(26)20(23(27)32)29-36-22)21(15-6-10-17(31)11-7-15)24(33)28-13-18-3-2-12-35-18/h4-11,18,21,31H,2-3,12-13,26H2,1H3,(H2,27,32)(H,28,33)/t18-,21-/m0/s1. The van der Waals surface area contributed by atoms with Crippen LogP contribution in [0.1, 0.15) is 50.2 Å². The van der Waals surface area contributed by atoms with Gasteiger partial charge in [0.05, 0.1) is 11.8 Å². The highest BCUT2D eigenvalue weighted by Crippen LogP contribution is 2.34. The van der Waals surface area contributed by atoms with Crippen molar-refractivity contribution in [2.45, 2.75) is 31.9 Å². The van der Waals surface area contributed by atoms with Gasteiger partial charge in [-0.1, -0.05) is 29.8 Å². The van der Waals surface area contributed by atoms with Gasteiger partial charge in [-0.2, -0.15) is 4.37 Å². The number of ether oxygens (including phenoxy) is 1. The zero-order valence-electron chi connectivity index (χ0n) is 19.6. The van der Waals surface area contributed by atoms with Gasteiger partial charge in [0.15, 0.2) is 5.69 Å². The first kappa shape index (κ1) is 25.1. The number of aromatic nitrogens is 1. The van der Waals surface area contributed by atoms with E-state index in [9.17, 15) is 19.5 Å². The van der Waals surface area contributed by atoms with Crippen molar-refractivity contribution >= 4 is 40.6 Å². The molecular weight excluding hydrogens is 482 g/mol. The summed E-state index contributed by atoms with van der Waals surface area (Å²) in [6, 6.07) is 12.0. The number of amides is 3. The van der Waals surface area contributed by atoms with Crippen molar-refractivity contribution < 1.29 is 24.2 Å². The fraction of sp³-hybridized carbons (Fsp3) is 0.280. The maximum atomic E-state index is 13.9. The Labute approximate surface area is 212 Å². The van der Waals surface area contributed by atoms with Gasteiger partial charge in [0.1, 0.15) is 16.7 Å². The van der Waals surface area contributed by atoms with Crippen LogP contribution in [-0.2, 0) is 9.53 Å². The summed E-state index contributed by atoms with van der Waals surface area (Å²) in [5.74, 6) is -1.90. The zero-order chi connectivity index (χ0) is 25.8. The summed E-state index contributed by atoms with van der Waals surface area (Å²) in [6.07, 6.45) is 1.65. The van der Waals surface area contributed by atoms with Gasteiger partial charge in [-0.25, -0.2) is 0 Å². The number of phenols is 1. The second kappa shape index (κ2) is 10.8. The molecule has 188 valence electrons. The molecule has 0 bridgehead atoms. The molecule has 10 nitrogen and oxygen atoms in total. The quantitative estimate of drug-likeness (QED) is 0.363.